The lowest BCUT2D eigenvalue weighted by atomic mass is 9.83. The number of para-hydroxylation sites is 1. The van der Waals surface area contributed by atoms with E-state index < -0.39 is 0 Å². The monoisotopic (exact) mass is 346 g/mol. The molecule has 3 aromatic rings. The minimum atomic E-state index is 0.181. The molecule has 1 N–H and O–H groups in total. The van der Waals surface area contributed by atoms with E-state index in [9.17, 15) is 5.11 Å². The van der Waals surface area contributed by atoms with Crippen molar-refractivity contribution in [3.8, 4) is 28.4 Å². The maximum Gasteiger partial charge on any atom is 0.177 e. The average Bonchev–Trinajstić information content (AvgIpc) is 2.64. The SMILES string of the molecule is CC(C)c1cc(O)c(Oc2ccccc2)c(-c2ccccc2)c1C(C)C. The minimum Gasteiger partial charge on any atom is -0.504 e. The average molecular weight is 346 g/mol. The third-order valence-corrected chi connectivity index (χ3v) is 4.56. The van der Waals surface area contributed by atoms with Crippen molar-refractivity contribution in [3.63, 3.8) is 0 Å². The minimum absolute atomic E-state index is 0.181. The predicted molar refractivity (Wildman–Crippen MR) is 108 cm³/mol. The van der Waals surface area contributed by atoms with Crippen molar-refractivity contribution < 1.29 is 9.84 Å². The Hall–Kier alpha value is -2.74. The van der Waals surface area contributed by atoms with Gasteiger partial charge in [-0.2, -0.15) is 0 Å². The highest BCUT2D eigenvalue weighted by molar-refractivity contribution is 5.79. The lowest BCUT2D eigenvalue weighted by Crippen LogP contribution is -2.04. The number of phenolic OH excluding ortho intramolecular Hbond substituents is 1. The van der Waals surface area contributed by atoms with Gasteiger partial charge in [-0.15, -0.1) is 0 Å². The van der Waals surface area contributed by atoms with Crippen LogP contribution in [0.3, 0.4) is 0 Å². The normalized spacial score (nSPS) is 11.2. The predicted octanol–water partition coefficient (Wildman–Crippen LogP) is 7.10. The third kappa shape index (κ3) is 3.60. The number of hydrogen-bond donors (Lipinski definition) is 1. The van der Waals surface area contributed by atoms with E-state index in [-0.39, 0.29) is 5.75 Å². The number of aromatic hydroxyl groups is 1. The Labute approximate surface area is 156 Å². The molecule has 3 rings (SSSR count). The van der Waals surface area contributed by atoms with Gasteiger partial charge in [0, 0.05) is 5.56 Å². The molecule has 26 heavy (non-hydrogen) atoms. The van der Waals surface area contributed by atoms with Gasteiger partial charge >= 0.3 is 0 Å². The molecule has 0 heterocycles. The van der Waals surface area contributed by atoms with Crippen LogP contribution in [0, 0.1) is 0 Å². The van der Waals surface area contributed by atoms with E-state index in [1.54, 1.807) is 0 Å². The van der Waals surface area contributed by atoms with E-state index in [2.05, 4.69) is 39.8 Å². The van der Waals surface area contributed by atoms with Crippen molar-refractivity contribution >= 4 is 0 Å². The molecule has 0 fully saturated rings. The van der Waals surface area contributed by atoms with Crippen molar-refractivity contribution in [3.05, 3.63) is 77.9 Å². The molecule has 0 aromatic heterocycles. The van der Waals surface area contributed by atoms with E-state index in [0.717, 1.165) is 16.7 Å². The molecule has 0 saturated heterocycles. The first-order valence-corrected chi connectivity index (χ1v) is 9.17. The second kappa shape index (κ2) is 7.65. The summed E-state index contributed by atoms with van der Waals surface area (Å²) in [5.74, 6) is 2.04. The van der Waals surface area contributed by atoms with Gasteiger partial charge in [-0.05, 0) is 46.7 Å². The molecular weight excluding hydrogens is 320 g/mol. The van der Waals surface area contributed by atoms with Gasteiger partial charge in [0.15, 0.2) is 11.5 Å². The summed E-state index contributed by atoms with van der Waals surface area (Å²) in [7, 11) is 0. The molecule has 0 unspecified atom stereocenters. The van der Waals surface area contributed by atoms with Crippen LogP contribution in [0.1, 0.15) is 50.7 Å². The summed E-state index contributed by atoms with van der Waals surface area (Å²) in [4.78, 5) is 0. The lowest BCUT2D eigenvalue weighted by molar-refractivity contribution is 0.411. The maximum absolute atomic E-state index is 10.8. The molecule has 0 saturated carbocycles. The van der Waals surface area contributed by atoms with Crippen molar-refractivity contribution in [2.75, 3.05) is 0 Å². The van der Waals surface area contributed by atoms with Crippen molar-refractivity contribution in [2.45, 2.75) is 39.5 Å². The Morgan fingerprint density at radius 3 is 1.88 bits per heavy atom. The quantitative estimate of drug-likeness (QED) is 0.534. The Bertz CT molecular complexity index is 866. The molecule has 0 aliphatic heterocycles. The number of hydrogen-bond acceptors (Lipinski definition) is 2. The maximum atomic E-state index is 10.8. The smallest absolute Gasteiger partial charge is 0.177 e. The fourth-order valence-electron chi connectivity index (χ4n) is 3.39. The van der Waals surface area contributed by atoms with Crippen LogP contribution in [0.15, 0.2) is 66.7 Å². The van der Waals surface area contributed by atoms with E-state index in [1.807, 2.05) is 54.6 Å². The van der Waals surface area contributed by atoms with Crippen LogP contribution >= 0.6 is 0 Å². The first-order valence-electron chi connectivity index (χ1n) is 9.17. The second-order valence-corrected chi connectivity index (χ2v) is 7.19. The highest BCUT2D eigenvalue weighted by Crippen LogP contribution is 2.48. The molecule has 2 heteroatoms. The molecule has 0 atom stereocenters. The van der Waals surface area contributed by atoms with Gasteiger partial charge in [0.25, 0.3) is 0 Å². The molecule has 0 amide bonds. The molecule has 134 valence electrons. The number of ether oxygens (including phenoxy) is 1. The van der Waals surface area contributed by atoms with Gasteiger partial charge in [-0.25, -0.2) is 0 Å². The topological polar surface area (TPSA) is 29.5 Å². The summed E-state index contributed by atoms with van der Waals surface area (Å²) in [5, 5.41) is 10.8. The van der Waals surface area contributed by atoms with Gasteiger partial charge in [0.05, 0.1) is 0 Å². The van der Waals surface area contributed by atoms with Gasteiger partial charge in [-0.1, -0.05) is 76.2 Å². The molecule has 0 radical (unpaired) electrons. The molecule has 0 aliphatic rings. The summed E-state index contributed by atoms with van der Waals surface area (Å²) in [6.07, 6.45) is 0. The van der Waals surface area contributed by atoms with Crippen LogP contribution in [-0.4, -0.2) is 5.11 Å². The standard InChI is InChI=1S/C24H26O2/c1-16(2)20-15-21(25)24(26-19-13-9-6-10-14-19)23(22(20)17(3)4)18-11-7-5-8-12-18/h5-17,25H,1-4H3. The van der Waals surface area contributed by atoms with Gasteiger partial charge in [0.1, 0.15) is 5.75 Å². The molecule has 0 spiro atoms. The highest BCUT2D eigenvalue weighted by atomic mass is 16.5. The van der Waals surface area contributed by atoms with Crippen molar-refractivity contribution in [1.82, 2.24) is 0 Å². The van der Waals surface area contributed by atoms with Gasteiger partial charge in [0.2, 0.25) is 0 Å². The van der Waals surface area contributed by atoms with E-state index in [1.165, 1.54) is 5.56 Å². The summed E-state index contributed by atoms with van der Waals surface area (Å²) in [5.41, 5.74) is 4.43. The zero-order valence-corrected chi connectivity index (χ0v) is 15.9. The Morgan fingerprint density at radius 2 is 1.35 bits per heavy atom. The largest absolute Gasteiger partial charge is 0.504 e. The Morgan fingerprint density at radius 1 is 0.769 bits per heavy atom. The van der Waals surface area contributed by atoms with Crippen LogP contribution in [-0.2, 0) is 0 Å². The highest BCUT2D eigenvalue weighted by Gasteiger charge is 2.24. The second-order valence-electron chi connectivity index (χ2n) is 7.19. The van der Waals surface area contributed by atoms with E-state index in [0.29, 0.717) is 23.3 Å². The molecule has 0 aliphatic carbocycles. The van der Waals surface area contributed by atoms with Crippen LogP contribution in [0.4, 0.5) is 0 Å². The van der Waals surface area contributed by atoms with Crippen LogP contribution in [0.2, 0.25) is 0 Å². The fourth-order valence-corrected chi connectivity index (χ4v) is 3.39. The Kier molecular flexibility index (Phi) is 5.32. The van der Waals surface area contributed by atoms with E-state index >= 15 is 0 Å². The lowest BCUT2D eigenvalue weighted by Gasteiger charge is -2.24. The van der Waals surface area contributed by atoms with E-state index in [4.69, 9.17) is 4.74 Å². The van der Waals surface area contributed by atoms with Gasteiger partial charge in [-0.3, -0.25) is 0 Å². The fraction of sp³-hybridized carbons (Fsp3) is 0.250. The molecule has 0 bridgehead atoms. The first-order chi connectivity index (χ1) is 12.5. The molecular formula is C24H26O2. The zero-order valence-electron chi connectivity index (χ0n) is 15.9. The summed E-state index contributed by atoms with van der Waals surface area (Å²) in [6, 6.07) is 21.7. The molecule has 3 aromatic carbocycles. The third-order valence-electron chi connectivity index (χ3n) is 4.56. The van der Waals surface area contributed by atoms with Gasteiger partial charge < -0.3 is 9.84 Å². The van der Waals surface area contributed by atoms with Crippen molar-refractivity contribution in [2.24, 2.45) is 0 Å². The Balaban J connectivity index is 2.30. The van der Waals surface area contributed by atoms with Crippen molar-refractivity contribution in [1.29, 1.82) is 0 Å². The summed E-state index contributed by atoms with van der Waals surface area (Å²) in [6.45, 7) is 8.70. The number of benzene rings is 3. The number of rotatable bonds is 5. The summed E-state index contributed by atoms with van der Waals surface area (Å²) >= 11 is 0. The van der Waals surface area contributed by atoms with Crippen LogP contribution in [0.5, 0.6) is 17.2 Å². The van der Waals surface area contributed by atoms with Crippen LogP contribution in [0.25, 0.3) is 11.1 Å². The molecule has 2 nitrogen and oxygen atoms in total. The van der Waals surface area contributed by atoms with Crippen LogP contribution < -0.4 is 4.74 Å². The zero-order chi connectivity index (χ0) is 18.7. The summed E-state index contributed by atoms with van der Waals surface area (Å²) < 4.78 is 6.17. The first kappa shape index (κ1) is 18.1. The number of phenols is 1.